The number of H-pyrrole nitrogens is 1. The molecule has 0 saturated heterocycles. The summed E-state index contributed by atoms with van der Waals surface area (Å²) in [6, 6.07) is 9.48. The number of hydrogen-bond acceptors (Lipinski definition) is 8. The van der Waals surface area contributed by atoms with Gasteiger partial charge in [0, 0.05) is 5.56 Å². The molecule has 0 saturated carbocycles. The molecule has 0 spiro atoms. The van der Waals surface area contributed by atoms with E-state index in [9.17, 15) is 18.0 Å². The number of aromatic nitrogens is 5. The molecule has 0 bridgehead atoms. The molecule has 2 aromatic heterocycles. The highest BCUT2D eigenvalue weighted by molar-refractivity contribution is 7.09. The highest BCUT2D eigenvalue weighted by Crippen LogP contribution is 2.30. The van der Waals surface area contributed by atoms with Crippen LogP contribution in [0.5, 0.6) is 0 Å². The molecule has 0 atom stereocenters. The quantitative estimate of drug-likeness (QED) is 0.498. The number of rotatable bonds is 4. The van der Waals surface area contributed by atoms with Crippen LogP contribution < -0.4 is 11.1 Å². The highest BCUT2D eigenvalue weighted by atomic mass is 32.1. The fourth-order valence-electron chi connectivity index (χ4n) is 1.76. The molecule has 1 amide bonds. The molecule has 0 radical (unpaired) electrons. The molecule has 0 unspecified atom stereocenters. The summed E-state index contributed by atoms with van der Waals surface area (Å²) >= 11 is 1.07. The van der Waals surface area contributed by atoms with Crippen molar-refractivity contribution in [1.82, 2.24) is 30.3 Å². The lowest BCUT2D eigenvalue weighted by Crippen LogP contribution is -2.23. The first-order chi connectivity index (χ1) is 13.2. The highest BCUT2D eigenvalue weighted by Gasteiger charge is 2.38. The Morgan fingerprint density at radius 1 is 1.25 bits per heavy atom. The molecule has 10 nitrogen and oxygen atoms in total. The number of aromatic amines is 1. The number of benzene rings is 1. The molecule has 148 valence electrons. The van der Waals surface area contributed by atoms with Gasteiger partial charge in [-0.05, 0) is 11.5 Å². The van der Waals surface area contributed by atoms with Gasteiger partial charge in [-0.2, -0.15) is 22.8 Å². The summed E-state index contributed by atoms with van der Waals surface area (Å²) in [4.78, 5) is 21.4. The topological polar surface area (TPSA) is 160 Å². The number of nitrogens with one attached hydrogen (secondary N) is 2. The number of anilines is 1. The van der Waals surface area contributed by atoms with Crippen LogP contribution in [0, 0.1) is 0 Å². The number of carbonyl (C=O) groups excluding carboxylic acids is 1. The van der Waals surface area contributed by atoms with Gasteiger partial charge >= 0.3 is 12.1 Å². The number of nitrogens with two attached hydrogens (primary N) is 1. The first kappa shape index (κ1) is 20.8. The number of carbonyl (C=O) groups is 2. The number of hydrogen-bond donors (Lipinski definition) is 4. The molecule has 3 rings (SSSR count). The van der Waals surface area contributed by atoms with E-state index < -0.39 is 12.1 Å². The number of halogens is 3. The second kappa shape index (κ2) is 8.90. The molecule has 0 aliphatic carbocycles. The van der Waals surface area contributed by atoms with Gasteiger partial charge in [0.1, 0.15) is 10.6 Å². The molecule has 14 heteroatoms. The fraction of sp³-hybridized carbons (Fsp3) is 0.143. The number of aliphatic carboxylic acids is 1. The van der Waals surface area contributed by atoms with E-state index in [1.807, 2.05) is 30.3 Å². The van der Waals surface area contributed by atoms with Crippen molar-refractivity contribution in [3.8, 4) is 11.3 Å². The van der Waals surface area contributed by atoms with Crippen molar-refractivity contribution in [3.05, 3.63) is 41.0 Å². The van der Waals surface area contributed by atoms with E-state index in [2.05, 4.69) is 30.3 Å². The molecule has 1 aromatic carbocycles. The van der Waals surface area contributed by atoms with Gasteiger partial charge in [-0.3, -0.25) is 4.79 Å². The van der Waals surface area contributed by atoms with E-state index in [1.165, 1.54) is 0 Å². The Bertz CT molecular complexity index is 930. The predicted molar refractivity (Wildman–Crippen MR) is 91.0 cm³/mol. The standard InChI is InChI=1S/C12H11N7OS.C2HF3O2/c13-9-10(7-4-2-1-3-5-7)17-21-11(9)12(20)14-6-8-15-18-19-16-8;3-2(4,5)1(6)7/h1-5H,6,13H2,(H,14,20)(H,15,16,18,19);(H,6,7). The third-order valence-electron chi connectivity index (χ3n) is 3.02. The van der Waals surface area contributed by atoms with Crippen molar-refractivity contribution in [3.63, 3.8) is 0 Å². The van der Waals surface area contributed by atoms with Crippen LogP contribution in [0.1, 0.15) is 15.5 Å². The first-order valence-corrected chi connectivity index (χ1v) is 8.08. The number of nitrogen functional groups attached to an aromatic ring is 1. The van der Waals surface area contributed by atoms with E-state index in [-0.39, 0.29) is 12.5 Å². The van der Waals surface area contributed by atoms with E-state index >= 15 is 0 Å². The minimum atomic E-state index is -5.08. The molecule has 2 heterocycles. The molecule has 0 fully saturated rings. The lowest BCUT2D eigenvalue weighted by molar-refractivity contribution is -0.192. The van der Waals surface area contributed by atoms with Crippen LogP contribution >= 0.6 is 11.5 Å². The summed E-state index contributed by atoms with van der Waals surface area (Å²) in [7, 11) is 0. The Hall–Kier alpha value is -3.55. The molecule has 3 aromatic rings. The summed E-state index contributed by atoms with van der Waals surface area (Å²) in [5.74, 6) is -2.67. The van der Waals surface area contributed by atoms with Crippen molar-refractivity contribution in [2.45, 2.75) is 12.7 Å². The summed E-state index contributed by atoms with van der Waals surface area (Å²) < 4.78 is 36.0. The van der Waals surface area contributed by atoms with Gasteiger partial charge in [0.25, 0.3) is 5.91 Å². The van der Waals surface area contributed by atoms with Gasteiger partial charge in [0.2, 0.25) is 0 Å². The smallest absolute Gasteiger partial charge is 0.475 e. The second-order valence-corrected chi connectivity index (χ2v) is 5.73. The number of nitrogens with zero attached hydrogens (tertiary/aromatic N) is 4. The number of tetrazole rings is 1. The molecule has 0 aliphatic rings. The third kappa shape index (κ3) is 5.47. The maximum atomic E-state index is 12.1. The summed E-state index contributed by atoms with van der Waals surface area (Å²) in [6.45, 7) is 0.174. The zero-order valence-corrected chi connectivity index (χ0v) is 14.6. The Morgan fingerprint density at radius 3 is 2.43 bits per heavy atom. The van der Waals surface area contributed by atoms with Crippen molar-refractivity contribution in [2.75, 3.05) is 5.73 Å². The third-order valence-corrected chi connectivity index (χ3v) is 3.88. The zero-order chi connectivity index (χ0) is 20.7. The van der Waals surface area contributed by atoms with E-state index in [0.717, 1.165) is 17.1 Å². The minimum Gasteiger partial charge on any atom is -0.475 e. The van der Waals surface area contributed by atoms with Crippen LogP contribution in [0.15, 0.2) is 30.3 Å². The van der Waals surface area contributed by atoms with E-state index in [4.69, 9.17) is 15.6 Å². The zero-order valence-electron chi connectivity index (χ0n) is 13.8. The number of carboxylic acids is 1. The maximum absolute atomic E-state index is 12.1. The largest absolute Gasteiger partial charge is 0.490 e. The van der Waals surface area contributed by atoms with E-state index in [0.29, 0.717) is 22.1 Å². The van der Waals surface area contributed by atoms with Crippen molar-refractivity contribution < 1.29 is 27.9 Å². The van der Waals surface area contributed by atoms with Gasteiger partial charge < -0.3 is 16.2 Å². The van der Waals surface area contributed by atoms with Crippen molar-refractivity contribution in [2.24, 2.45) is 0 Å². The van der Waals surface area contributed by atoms with Gasteiger partial charge in [0.05, 0.1) is 12.2 Å². The monoisotopic (exact) mass is 415 g/mol. The lowest BCUT2D eigenvalue weighted by Gasteiger charge is -2.01. The Morgan fingerprint density at radius 2 is 1.89 bits per heavy atom. The Labute approximate surface area is 158 Å². The van der Waals surface area contributed by atoms with Gasteiger partial charge in [-0.15, -0.1) is 10.2 Å². The van der Waals surface area contributed by atoms with Crippen LogP contribution in [0.25, 0.3) is 11.3 Å². The number of amides is 1. The molecular formula is C14H12F3N7O3S. The van der Waals surface area contributed by atoms with Crippen LogP contribution in [0.2, 0.25) is 0 Å². The average molecular weight is 415 g/mol. The molecular weight excluding hydrogens is 403 g/mol. The molecule has 5 N–H and O–H groups in total. The van der Waals surface area contributed by atoms with E-state index in [1.54, 1.807) is 0 Å². The maximum Gasteiger partial charge on any atom is 0.490 e. The van der Waals surface area contributed by atoms with Gasteiger partial charge in [-0.25, -0.2) is 4.79 Å². The fourth-order valence-corrected chi connectivity index (χ4v) is 2.50. The number of alkyl halides is 3. The lowest BCUT2D eigenvalue weighted by atomic mass is 10.1. The average Bonchev–Trinajstić information content (AvgIpc) is 3.30. The molecule has 0 aliphatic heterocycles. The summed E-state index contributed by atoms with van der Waals surface area (Å²) in [5, 5.41) is 23.0. The number of carboxylic acid groups (broad SMARTS) is 1. The molecule has 28 heavy (non-hydrogen) atoms. The minimum absolute atomic E-state index is 0.174. The van der Waals surface area contributed by atoms with Crippen LogP contribution in [0.4, 0.5) is 18.9 Å². The van der Waals surface area contributed by atoms with Crippen molar-refractivity contribution >= 4 is 29.1 Å². The Kier molecular flexibility index (Phi) is 6.59. The summed E-state index contributed by atoms with van der Waals surface area (Å²) in [6.07, 6.45) is -5.08. The predicted octanol–water partition coefficient (Wildman–Crippen LogP) is 1.47. The first-order valence-electron chi connectivity index (χ1n) is 7.31. The van der Waals surface area contributed by atoms with Crippen LogP contribution in [-0.2, 0) is 11.3 Å². The van der Waals surface area contributed by atoms with Gasteiger partial charge in [-0.1, -0.05) is 35.5 Å². The van der Waals surface area contributed by atoms with Crippen LogP contribution in [-0.4, -0.2) is 48.2 Å². The Balaban J connectivity index is 0.000000345. The summed E-state index contributed by atoms with van der Waals surface area (Å²) in [5.41, 5.74) is 7.89. The normalized spacial score (nSPS) is 10.7. The van der Waals surface area contributed by atoms with Crippen molar-refractivity contribution in [1.29, 1.82) is 0 Å². The second-order valence-electron chi connectivity index (χ2n) is 4.95. The van der Waals surface area contributed by atoms with Gasteiger partial charge in [0.15, 0.2) is 5.82 Å². The SMILES string of the molecule is Nc1c(-c2ccccc2)nsc1C(=O)NCc1nn[nH]n1.O=C(O)C(F)(F)F. The van der Waals surface area contributed by atoms with Crippen LogP contribution in [0.3, 0.4) is 0 Å².